The maximum absolute atomic E-state index is 11.4. The number of hydrogen-bond donors (Lipinski definition) is 2. The zero-order chi connectivity index (χ0) is 12.8. The van der Waals surface area contributed by atoms with E-state index in [1.54, 1.807) is 0 Å². The summed E-state index contributed by atoms with van der Waals surface area (Å²) < 4.78 is 5.06. The van der Waals surface area contributed by atoms with Gasteiger partial charge in [0.15, 0.2) is 6.10 Å². The monoisotopic (exact) mass is 274 g/mol. The van der Waals surface area contributed by atoms with Crippen LogP contribution >= 0.6 is 23.2 Å². The first-order valence-corrected chi connectivity index (χ1v) is 5.37. The highest BCUT2D eigenvalue weighted by Crippen LogP contribution is 2.47. The number of halogens is 2. The molecule has 1 saturated heterocycles. The molecule has 7 heteroatoms. The van der Waals surface area contributed by atoms with E-state index in [4.69, 9.17) is 39.4 Å². The molecule has 1 aromatic carbocycles. The average Bonchev–Trinajstić information content (AvgIpc) is 2.98. The fraction of sp³-hybridized carbons (Fsp3) is 0.200. The number of benzene rings is 1. The highest BCUT2D eigenvalue weighted by molar-refractivity contribution is 6.42. The number of primary amides is 2. The standard InChI is InChI=1S/C10H8Cl2N2O3/c11-5-2-1-4(3-6(5)12)10(9(14)16)7(17-10)8(13)15/h1-3,7H,(H2,13,15)(H2,14,16). The van der Waals surface area contributed by atoms with Gasteiger partial charge in [-0.15, -0.1) is 0 Å². The zero-order valence-electron chi connectivity index (χ0n) is 8.44. The van der Waals surface area contributed by atoms with Gasteiger partial charge < -0.3 is 16.2 Å². The minimum atomic E-state index is -1.51. The molecule has 1 aliphatic heterocycles. The second-order valence-electron chi connectivity index (χ2n) is 3.63. The number of rotatable bonds is 3. The van der Waals surface area contributed by atoms with E-state index in [1.807, 2.05) is 0 Å². The zero-order valence-corrected chi connectivity index (χ0v) is 9.96. The second kappa shape index (κ2) is 3.87. The SMILES string of the molecule is NC(=O)C1OC1(C(N)=O)c1ccc(Cl)c(Cl)c1. The summed E-state index contributed by atoms with van der Waals surface area (Å²) in [6.45, 7) is 0. The molecule has 2 atom stereocenters. The van der Waals surface area contributed by atoms with Crippen LogP contribution in [-0.4, -0.2) is 17.9 Å². The van der Waals surface area contributed by atoms with Gasteiger partial charge in [-0.2, -0.15) is 0 Å². The van der Waals surface area contributed by atoms with Crippen LogP contribution in [0.5, 0.6) is 0 Å². The molecule has 0 bridgehead atoms. The van der Waals surface area contributed by atoms with E-state index in [2.05, 4.69) is 0 Å². The summed E-state index contributed by atoms with van der Waals surface area (Å²) in [6.07, 6.45) is -1.06. The predicted octanol–water partition coefficient (Wildman–Crippen LogP) is 0.558. The van der Waals surface area contributed by atoms with E-state index < -0.39 is 23.5 Å². The lowest BCUT2D eigenvalue weighted by Crippen LogP contribution is -2.36. The van der Waals surface area contributed by atoms with E-state index in [0.717, 1.165) is 0 Å². The van der Waals surface area contributed by atoms with Crippen molar-refractivity contribution < 1.29 is 14.3 Å². The summed E-state index contributed by atoms with van der Waals surface area (Å²) in [7, 11) is 0. The molecule has 0 radical (unpaired) electrons. The number of carbonyl (C=O) groups is 2. The Morgan fingerprint density at radius 1 is 1.24 bits per heavy atom. The number of carbonyl (C=O) groups excluding carboxylic acids is 2. The van der Waals surface area contributed by atoms with Crippen molar-refractivity contribution in [2.75, 3.05) is 0 Å². The van der Waals surface area contributed by atoms with Crippen molar-refractivity contribution in [1.29, 1.82) is 0 Å². The Morgan fingerprint density at radius 2 is 1.88 bits per heavy atom. The van der Waals surface area contributed by atoms with Gasteiger partial charge in [0.25, 0.3) is 11.8 Å². The van der Waals surface area contributed by atoms with Crippen molar-refractivity contribution in [3.05, 3.63) is 33.8 Å². The number of hydrogen-bond acceptors (Lipinski definition) is 3. The Hall–Kier alpha value is -1.30. The van der Waals surface area contributed by atoms with Crippen molar-refractivity contribution in [1.82, 2.24) is 0 Å². The van der Waals surface area contributed by atoms with Crippen LogP contribution in [-0.2, 0) is 19.9 Å². The lowest BCUT2D eigenvalue weighted by atomic mass is 9.94. The average molecular weight is 275 g/mol. The third-order valence-electron chi connectivity index (χ3n) is 2.59. The van der Waals surface area contributed by atoms with Gasteiger partial charge in [-0.3, -0.25) is 9.59 Å². The van der Waals surface area contributed by atoms with Gasteiger partial charge in [0, 0.05) is 0 Å². The number of nitrogens with two attached hydrogens (primary N) is 2. The van der Waals surface area contributed by atoms with Gasteiger partial charge in [-0.25, -0.2) is 0 Å². The molecule has 17 heavy (non-hydrogen) atoms. The molecule has 2 rings (SSSR count). The maximum atomic E-state index is 11.4. The Balaban J connectivity index is 2.46. The number of epoxide rings is 1. The summed E-state index contributed by atoms with van der Waals surface area (Å²) in [5.41, 5.74) is 9.17. The van der Waals surface area contributed by atoms with Gasteiger partial charge in [0.2, 0.25) is 5.60 Å². The lowest BCUT2D eigenvalue weighted by molar-refractivity contribution is -0.124. The normalized spacial score (nSPS) is 26.6. The third kappa shape index (κ3) is 1.76. The first-order valence-electron chi connectivity index (χ1n) is 4.62. The summed E-state index contributed by atoms with van der Waals surface area (Å²) in [4.78, 5) is 22.4. The number of ether oxygens (including phenoxy) is 1. The van der Waals surface area contributed by atoms with Crippen molar-refractivity contribution in [3.8, 4) is 0 Å². The topological polar surface area (TPSA) is 98.7 Å². The van der Waals surface area contributed by atoms with E-state index in [1.165, 1.54) is 18.2 Å². The second-order valence-corrected chi connectivity index (χ2v) is 4.44. The molecule has 0 saturated carbocycles. The highest BCUT2D eigenvalue weighted by atomic mass is 35.5. The van der Waals surface area contributed by atoms with Crippen molar-refractivity contribution in [2.45, 2.75) is 11.7 Å². The molecule has 90 valence electrons. The molecule has 2 amide bonds. The van der Waals surface area contributed by atoms with E-state index in [9.17, 15) is 9.59 Å². The molecule has 2 unspecified atom stereocenters. The van der Waals surface area contributed by atoms with Crippen LogP contribution in [0.15, 0.2) is 18.2 Å². The number of amides is 2. The first kappa shape index (κ1) is 12.2. The van der Waals surface area contributed by atoms with Crippen LogP contribution in [0.2, 0.25) is 10.0 Å². The molecule has 0 aromatic heterocycles. The van der Waals surface area contributed by atoms with Crippen molar-refractivity contribution in [3.63, 3.8) is 0 Å². The van der Waals surface area contributed by atoms with Gasteiger partial charge in [-0.05, 0) is 17.7 Å². The molecule has 1 fully saturated rings. The largest absolute Gasteiger partial charge is 0.367 e. The van der Waals surface area contributed by atoms with E-state index in [-0.39, 0.29) is 5.02 Å². The Bertz CT molecular complexity index is 520. The predicted molar refractivity (Wildman–Crippen MR) is 61.4 cm³/mol. The van der Waals surface area contributed by atoms with Crippen LogP contribution in [0.4, 0.5) is 0 Å². The summed E-state index contributed by atoms with van der Waals surface area (Å²) in [5.74, 6) is -1.55. The van der Waals surface area contributed by atoms with E-state index >= 15 is 0 Å². The molecule has 1 aromatic rings. The maximum Gasteiger partial charge on any atom is 0.257 e. The third-order valence-corrected chi connectivity index (χ3v) is 3.33. The molecule has 0 aliphatic carbocycles. The van der Waals surface area contributed by atoms with Crippen molar-refractivity contribution >= 4 is 35.0 Å². The van der Waals surface area contributed by atoms with Gasteiger partial charge in [0.1, 0.15) is 0 Å². The minimum Gasteiger partial charge on any atom is -0.367 e. The Kier molecular flexibility index (Phi) is 2.77. The van der Waals surface area contributed by atoms with Crippen molar-refractivity contribution in [2.24, 2.45) is 11.5 Å². The van der Waals surface area contributed by atoms with E-state index in [0.29, 0.717) is 10.6 Å². The smallest absolute Gasteiger partial charge is 0.257 e. The van der Waals surface area contributed by atoms with Gasteiger partial charge >= 0.3 is 0 Å². The Labute approximate surface area is 107 Å². The molecular weight excluding hydrogens is 267 g/mol. The first-order chi connectivity index (χ1) is 7.89. The fourth-order valence-electron chi connectivity index (χ4n) is 1.69. The Morgan fingerprint density at radius 3 is 2.29 bits per heavy atom. The quantitative estimate of drug-likeness (QED) is 0.788. The fourth-order valence-corrected chi connectivity index (χ4v) is 1.98. The van der Waals surface area contributed by atoms with Crippen LogP contribution in [0.25, 0.3) is 0 Å². The van der Waals surface area contributed by atoms with Crippen LogP contribution in [0.1, 0.15) is 5.56 Å². The summed E-state index contributed by atoms with van der Waals surface area (Å²) in [6, 6.07) is 4.43. The molecule has 1 aliphatic rings. The highest BCUT2D eigenvalue weighted by Gasteiger charge is 2.66. The molecule has 0 spiro atoms. The minimum absolute atomic E-state index is 0.239. The molecule has 1 heterocycles. The summed E-state index contributed by atoms with van der Waals surface area (Å²) in [5, 5.41) is 0.565. The van der Waals surface area contributed by atoms with Crippen LogP contribution < -0.4 is 11.5 Å². The molecule has 5 nitrogen and oxygen atoms in total. The molecular formula is C10H8Cl2N2O3. The van der Waals surface area contributed by atoms with Crippen LogP contribution in [0, 0.1) is 0 Å². The molecule has 4 N–H and O–H groups in total. The summed E-state index contributed by atoms with van der Waals surface area (Å²) >= 11 is 11.6. The van der Waals surface area contributed by atoms with Gasteiger partial charge in [-0.1, -0.05) is 29.3 Å². The van der Waals surface area contributed by atoms with Crippen LogP contribution in [0.3, 0.4) is 0 Å². The van der Waals surface area contributed by atoms with Gasteiger partial charge in [0.05, 0.1) is 10.0 Å². The lowest BCUT2D eigenvalue weighted by Gasteiger charge is -2.09.